The molecule has 0 aliphatic carbocycles. The zero-order chi connectivity index (χ0) is 19.2. The van der Waals surface area contributed by atoms with Crippen molar-refractivity contribution in [3.8, 4) is 5.75 Å². The fraction of sp³-hybridized carbons (Fsp3) is 0.333. The van der Waals surface area contributed by atoms with Crippen LogP contribution in [0.5, 0.6) is 5.75 Å². The summed E-state index contributed by atoms with van der Waals surface area (Å²) in [4.78, 5) is 25.0. The number of carbonyl (C=O) groups is 2. The predicted octanol–water partition coefficient (Wildman–Crippen LogP) is 2.96. The van der Waals surface area contributed by atoms with E-state index in [4.69, 9.17) is 4.74 Å². The van der Waals surface area contributed by atoms with Gasteiger partial charge in [-0.3, -0.25) is 9.59 Å². The summed E-state index contributed by atoms with van der Waals surface area (Å²) in [5.41, 5.74) is 1.82. The molecular formula is C21H26N2O3. The first kappa shape index (κ1) is 19.5. The molecule has 0 aliphatic rings. The molecule has 0 radical (unpaired) electrons. The molecule has 0 saturated heterocycles. The first-order valence-electron chi connectivity index (χ1n) is 8.58. The van der Waals surface area contributed by atoms with E-state index in [1.807, 2.05) is 55.5 Å². The molecule has 0 aromatic heterocycles. The van der Waals surface area contributed by atoms with Crippen LogP contribution >= 0.6 is 0 Å². The van der Waals surface area contributed by atoms with Gasteiger partial charge in [-0.1, -0.05) is 48.0 Å². The minimum Gasteiger partial charge on any atom is -0.496 e. The largest absolute Gasteiger partial charge is 0.496 e. The van der Waals surface area contributed by atoms with E-state index in [0.717, 1.165) is 16.7 Å². The van der Waals surface area contributed by atoms with Gasteiger partial charge in [0.15, 0.2) is 0 Å². The number of para-hydroxylation sites is 1. The van der Waals surface area contributed by atoms with Gasteiger partial charge in [-0.2, -0.15) is 0 Å². The lowest BCUT2D eigenvalue weighted by Gasteiger charge is -2.23. The van der Waals surface area contributed by atoms with Crippen LogP contribution in [0.25, 0.3) is 0 Å². The number of rotatable bonds is 7. The Bertz CT molecular complexity index is 784. The van der Waals surface area contributed by atoms with Crippen LogP contribution in [0.2, 0.25) is 0 Å². The number of nitrogens with one attached hydrogen (secondary N) is 2. The van der Waals surface area contributed by atoms with Crippen LogP contribution in [0, 0.1) is 12.3 Å². The van der Waals surface area contributed by atoms with Gasteiger partial charge in [0, 0.05) is 18.7 Å². The average molecular weight is 354 g/mol. The molecule has 0 spiro atoms. The molecule has 2 amide bonds. The number of ether oxygens (including phenoxy) is 1. The third kappa shape index (κ3) is 4.85. The summed E-state index contributed by atoms with van der Waals surface area (Å²) < 4.78 is 5.28. The lowest BCUT2D eigenvalue weighted by atomic mass is 9.90. The van der Waals surface area contributed by atoms with E-state index in [1.165, 1.54) is 0 Å². The third-order valence-corrected chi connectivity index (χ3v) is 4.30. The number of aryl methyl sites for hydroxylation is 1. The van der Waals surface area contributed by atoms with Crippen molar-refractivity contribution in [2.75, 3.05) is 7.11 Å². The topological polar surface area (TPSA) is 67.4 Å². The standard InChI is InChI=1S/C21H26N2O3/c1-15-8-7-9-16(12-15)13-22-19(24)21(2,3)20(25)23-14-17-10-5-6-11-18(17)26-4/h5-12H,13-14H2,1-4H3,(H,22,24)(H,23,25). The number of hydrogen-bond donors (Lipinski definition) is 2. The second-order valence-corrected chi connectivity index (χ2v) is 6.79. The number of methoxy groups -OCH3 is 1. The quantitative estimate of drug-likeness (QED) is 0.751. The fourth-order valence-electron chi connectivity index (χ4n) is 2.57. The number of hydrogen-bond acceptors (Lipinski definition) is 3. The zero-order valence-corrected chi connectivity index (χ0v) is 15.8. The molecule has 0 bridgehead atoms. The Labute approximate surface area is 154 Å². The van der Waals surface area contributed by atoms with Crippen LogP contribution in [0.1, 0.15) is 30.5 Å². The third-order valence-electron chi connectivity index (χ3n) is 4.30. The molecule has 2 aromatic carbocycles. The molecule has 138 valence electrons. The smallest absolute Gasteiger partial charge is 0.235 e. The number of amides is 2. The molecule has 5 nitrogen and oxygen atoms in total. The van der Waals surface area contributed by atoms with Gasteiger partial charge in [-0.05, 0) is 32.4 Å². The summed E-state index contributed by atoms with van der Waals surface area (Å²) in [6.07, 6.45) is 0. The summed E-state index contributed by atoms with van der Waals surface area (Å²) in [5.74, 6) is 0.0659. The SMILES string of the molecule is COc1ccccc1CNC(=O)C(C)(C)C(=O)NCc1cccc(C)c1. The summed E-state index contributed by atoms with van der Waals surface area (Å²) in [6.45, 7) is 5.94. The molecule has 2 rings (SSSR count). The first-order valence-corrected chi connectivity index (χ1v) is 8.58. The second kappa shape index (κ2) is 8.52. The summed E-state index contributed by atoms with van der Waals surface area (Å²) in [7, 11) is 1.59. The van der Waals surface area contributed by atoms with Gasteiger partial charge in [-0.15, -0.1) is 0 Å². The normalized spacial score (nSPS) is 10.9. The summed E-state index contributed by atoms with van der Waals surface area (Å²) in [6, 6.07) is 15.4. The van der Waals surface area contributed by atoms with Crippen LogP contribution < -0.4 is 15.4 Å². The highest BCUT2D eigenvalue weighted by molar-refractivity contribution is 6.04. The molecule has 2 aromatic rings. The maximum absolute atomic E-state index is 12.5. The molecule has 5 heteroatoms. The van der Waals surface area contributed by atoms with E-state index in [-0.39, 0.29) is 11.8 Å². The van der Waals surface area contributed by atoms with Crippen LogP contribution in [-0.4, -0.2) is 18.9 Å². The molecule has 0 aliphatic heterocycles. The Balaban J connectivity index is 1.94. The molecule has 0 fully saturated rings. The van der Waals surface area contributed by atoms with Crippen LogP contribution in [0.4, 0.5) is 0 Å². The van der Waals surface area contributed by atoms with Gasteiger partial charge in [0.2, 0.25) is 11.8 Å². The van der Waals surface area contributed by atoms with E-state index in [1.54, 1.807) is 21.0 Å². The zero-order valence-electron chi connectivity index (χ0n) is 15.8. The number of carbonyl (C=O) groups excluding carboxylic acids is 2. The second-order valence-electron chi connectivity index (χ2n) is 6.79. The number of benzene rings is 2. The lowest BCUT2D eigenvalue weighted by molar-refractivity contribution is -0.141. The molecule has 26 heavy (non-hydrogen) atoms. The van der Waals surface area contributed by atoms with Gasteiger partial charge in [0.1, 0.15) is 11.2 Å². The molecule has 2 N–H and O–H groups in total. The van der Waals surface area contributed by atoms with Gasteiger partial charge in [0.05, 0.1) is 7.11 Å². The van der Waals surface area contributed by atoms with Crippen molar-refractivity contribution >= 4 is 11.8 Å². The van der Waals surface area contributed by atoms with E-state index < -0.39 is 5.41 Å². The average Bonchev–Trinajstić information content (AvgIpc) is 2.64. The van der Waals surface area contributed by atoms with Crippen molar-refractivity contribution < 1.29 is 14.3 Å². The van der Waals surface area contributed by atoms with E-state index in [9.17, 15) is 9.59 Å². The predicted molar refractivity (Wildman–Crippen MR) is 102 cm³/mol. The van der Waals surface area contributed by atoms with Crippen LogP contribution in [0.15, 0.2) is 48.5 Å². The highest BCUT2D eigenvalue weighted by Crippen LogP contribution is 2.19. The maximum atomic E-state index is 12.5. The Morgan fingerprint density at radius 1 is 0.962 bits per heavy atom. The van der Waals surface area contributed by atoms with Crippen molar-refractivity contribution in [2.45, 2.75) is 33.9 Å². The van der Waals surface area contributed by atoms with Gasteiger partial charge in [-0.25, -0.2) is 0 Å². The van der Waals surface area contributed by atoms with Crippen molar-refractivity contribution in [1.29, 1.82) is 0 Å². The van der Waals surface area contributed by atoms with E-state index >= 15 is 0 Å². The highest BCUT2D eigenvalue weighted by Gasteiger charge is 2.35. The van der Waals surface area contributed by atoms with Gasteiger partial charge < -0.3 is 15.4 Å². The highest BCUT2D eigenvalue weighted by atomic mass is 16.5. The van der Waals surface area contributed by atoms with E-state index in [2.05, 4.69) is 10.6 Å². The van der Waals surface area contributed by atoms with Crippen molar-refractivity contribution in [3.05, 3.63) is 65.2 Å². The fourth-order valence-corrected chi connectivity index (χ4v) is 2.57. The summed E-state index contributed by atoms with van der Waals surface area (Å²) >= 11 is 0. The molecule has 0 heterocycles. The maximum Gasteiger partial charge on any atom is 0.235 e. The van der Waals surface area contributed by atoms with Crippen LogP contribution in [0.3, 0.4) is 0 Å². The first-order chi connectivity index (χ1) is 12.3. The molecule has 0 saturated carbocycles. The molecule has 0 atom stereocenters. The Morgan fingerprint density at radius 2 is 1.62 bits per heavy atom. The lowest BCUT2D eigenvalue weighted by Crippen LogP contribution is -2.47. The monoisotopic (exact) mass is 354 g/mol. The van der Waals surface area contributed by atoms with Gasteiger partial charge >= 0.3 is 0 Å². The Morgan fingerprint density at radius 3 is 2.27 bits per heavy atom. The summed E-state index contributed by atoms with van der Waals surface area (Å²) in [5, 5.41) is 5.67. The Kier molecular flexibility index (Phi) is 6.39. The van der Waals surface area contributed by atoms with Gasteiger partial charge in [0.25, 0.3) is 0 Å². The van der Waals surface area contributed by atoms with Crippen molar-refractivity contribution in [1.82, 2.24) is 10.6 Å². The molecule has 0 unspecified atom stereocenters. The van der Waals surface area contributed by atoms with Crippen molar-refractivity contribution in [3.63, 3.8) is 0 Å². The molecular weight excluding hydrogens is 328 g/mol. The van der Waals surface area contributed by atoms with E-state index in [0.29, 0.717) is 18.8 Å². The van der Waals surface area contributed by atoms with Crippen LogP contribution in [-0.2, 0) is 22.7 Å². The minimum atomic E-state index is -1.17. The minimum absolute atomic E-state index is 0.303. The Hall–Kier alpha value is -2.82. The van der Waals surface area contributed by atoms with Crippen molar-refractivity contribution in [2.24, 2.45) is 5.41 Å².